The number of carbonyl (C=O) groups excluding carboxylic acids is 1. The van der Waals surface area contributed by atoms with Gasteiger partial charge in [0, 0.05) is 12.1 Å². The quantitative estimate of drug-likeness (QED) is 0.675. The predicted molar refractivity (Wildman–Crippen MR) is 71.0 cm³/mol. The first-order chi connectivity index (χ1) is 8.35. The van der Waals surface area contributed by atoms with Crippen LogP contribution in [-0.4, -0.2) is 33.7 Å². The highest BCUT2D eigenvalue weighted by molar-refractivity contribution is 7.89. The molecule has 100 valence electrons. The van der Waals surface area contributed by atoms with E-state index in [0.717, 1.165) is 0 Å². The lowest BCUT2D eigenvalue weighted by Gasteiger charge is -2.06. The lowest BCUT2D eigenvalue weighted by atomic mass is 10.2. The molecule has 0 aliphatic rings. The second kappa shape index (κ2) is 6.03. The maximum Gasteiger partial charge on any atom is 0.251 e. The smallest absolute Gasteiger partial charge is 0.251 e. The molecule has 0 aliphatic heterocycles. The van der Waals surface area contributed by atoms with Crippen LogP contribution in [0.3, 0.4) is 0 Å². The van der Waals surface area contributed by atoms with Gasteiger partial charge in [0.2, 0.25) is 10.0 Å². The van der Waals surface area contributed by atoms with Gasteiger partial charge in [-0.25, -0.2) is 13.1 Å². The second-order valence-corrected chi connectivity index (χ2v) is 5.97. The Kier molecular flexibility index (Phi) is 4.94. The number of halogens is 1. The second-order valence-electron chi connectivity index (χ2n) is 3.52. The number of benzene rings is 1. The molecule has 0 radical (unpaired) electrons. The standard InChI is InChI=1S/C10H14ClN3O3S/c1-13-18(16,17)5-4-14-10(15)7-2-3-9(12)8(11)6-7/h2-3,6,13H,4-5,12H2,1H3,(H,14,15). The number of nitrogen functional groups attached to an aromatic ring is 1. The van der Waals surface area contributed by atoms with Crippen LogP contribution in [0.25, 0.3) is 0 Å². The van der Waals surface area contributed by atoms with Crippen LogP contribution >= 0.6 is 11.6 Å². The summed E-state index contributed by atoms with van der Waals surface area (Å²) in [6.45, 7) is 0.0179. The fourth-order valence-corrected chi connectivity index (χ4v) is 1.93. The topological polar surface area (TPSA) is 101 Å². The highest BCUT2D eigenvalue weighted by Gasteiger charge is 2.10. The van der Waals surface area contributed by atoms with Gasteiger partial charge in [-0.1, -0.05) is 11.6 Å². The van der Waals surface area contributed by atoms with E-state index in [1.165, 1.54) is 25.2 Å². The van der Waals surface area contributed by atoms with Gasteiger partial charge in [-0.05, 0) is 25.2 Å². The Morgan fingerprint density at radius 1 is 1.44 bits per heavy atom. The molecule has 0 saturated carbocycles. The van der Waals surface area contributed by atoms with Crippen LogP contribution in [0.1, 0.15) is 10.4 Å². The Bertz CT molecular complexity index is 545. The summed E-state index contributed by atoms with van der Waals surface area (Å²) in [6.07, 6.45) is 0. The van der Waals surface area contributed by atoms with Crippen molar-refractivity contribution in [1.82, 2.24) is 10.0 Å². The maximum atomic E-state index is 11.7. The van der Waals surface area contributed by atoms with Crippen LogP contribution in [0.2, 0.25) is 5.02 Å². The number of rotatable bonds is 5. The third-order valence-electron chi connectivity index (χ3n) is 2.23. The first kappa shape index (κ1) is 14.7. The molecule has 18 heavy (non-hydrogen) atoms. The minimum atomic E-state index is -3.32. The summed E-state index contributed by atoms with van der Waals surface area (Å²) in [5.41, 5.74) is 6.22. The van der Waals surface area contributed by atoms with E-state index in [-0.39, 0.29) is 17.3 Å². The van der Waals surface area contributed by atoms with Gasteiger partial charge >= 0.3 is 0 Å². The van der Waals surface area contributed by atoms with Gasteiger partial charge < -0.3 is 11.1 Å². The number of anilines is 1. The third kappa shape index (κ3) is 4.17. The number of hydrogen-bond acceptors (Lipinski definition) is 4. The summed E-state index contributed by atoms with van der Waals surface area (Å²) in [5.74, 6) is -0.582. The van der Waals surface area contributed by atoms with Gasteiger partial charge in [0.25, 0.3) is 5.91 Å². The van der Waals surface area contributed by atoms with Crippen LogP contribution in [0.4, 0.5) is 5.69 Å². The van der Waals surface area contributed by atoms with Crippen molar-refractivity contribution >= 4 is 33.2 Å². The van der Waals surface area contributed by atoms with E-state index in [0.29, 0.717) is 11.3 Å². The number of nitrogens with one attached hydrogen (secondary N) is 2. The Morgan fingerprint density at radius 2 is 2.11 bits per heavy atom. The maximum absolute atomic E-state index is 11.7. The lowest BCUT2D eigenvalue weighted by Crippen LogP contribution is -2.32. The molecule has 0 heterocycles. The molecular formula is C10H14ClN3O3S. The molecule has 0 bridgehead atoms. The molecule has 4 N–H and O–H groups in total. The van der Waals surface area contributed by atoms with Crippen LogP contribution in [0.15, 0.2) is 18.2 Å². The molecule has 0 aromatic heterocycles. The average Bonchev–Trinajstić information content (AvgIpc) is 2.32. The van der Waals surface area contributed by atoms with Gasteiger partial charge in [0.1, 0.15) is 0 Å². The van der Waals surface area contributed by atoms with Gasteiger partial charge in [-0.2, -0.15) is 0 Å². The average molecular weight is 292 g/mol. The molecule has 1 amide bonds. The van der Waals surface area contributed by atoms with E-state index in [9.17, 15) is 13.2 Å². The van der Waals surface area contributed by atoms with E-state index in [1.54, 1.807) is 0 Å². The van der Waals surface area contributed by atoms with Crippen molar-refractivity contribution in [2.75, 3.05) is 25.1 Å². The zero-order valence-corrected chi connectivity index (χ0v) is 11.3. The van der Waals surface area contributed by atoms with Crippen LogP contribution in [-0.2, 0) is 10.0 Å². The van der Waals surface area contributed by atoms with E-state index < -0.39 is 15.9 Å². The zero-order chi connectivity index (χ0) is 13.8. The summed E-state index contributed by atoms with van der Waals surface area (Å²) in [7, 11) is -2.01. The number of hydrogen-bond donors (Lipinski definition) is 3. The van der Waals surface area contributed by atoms with Gasteiger partial charge in [-0.15, -0.1) is 0 Å². The normalized spacial score (nSPS) is 11.2. The highest BCUT2D eigenvalue weighted by Crippen LogP contribution is 2.19. The van der Waals surface area contributed by atoms with Gasteiger partial charge in [0.05, 0.1) is 16.5 Å². The van der Waals surface area contributed by atoms with Crippen molar-refractivity contribution in [3.8, 4) is 0 Å². The first-order valence-electron chi connectivity index (χ1n) is 5.10. The van der Waals surface area contributed by atoms with E-state index >= 15 is 0 Å². The van der Waals surface area contributed by atoms with Crippen LogP contribution in [0.5, 0.6) is 0 Å². The van der Waals surface area contributed by atoms with E-state index in [4.69, 9.17) is 17.3 Å². The molecule has 1 aromatic rings. The molecule has 0 spiro atoms. The monoisotopic (exact) mass is 291 g/mol. The fourth-order valence-electron chi connectivity index (χ4n) is 1.17. The minimum absolute atomic E-state index is 0.0179. The Balaban J connectivity index is 2.58. The van der Waals surface area contributed by atoms with Crippen molar-refractivity contribution in [3.05, 3.63) is 28.8 Å². The molecule has 0 atom stereocenters. The summed E-state index contributed by atoms with van der Waals surface area (Å²) in [4.78, 5) is 11.7. The molecule has 0 saturated heterocycles. The number of amides is 1. The Labute approximate surface area is 111 Å². The van der Waals surface area contributed by atoms with Crippen molar-refractivity contribution in [1.29, 1.82) is 0 Å². The van der Waals surface area contributed by atoms with Crippen LogP contribution in [0, 0.1) is 0 Å². The zero-order valence-electron chi connectivity index (χ0n) is 9.73. The molecular weight excluding hydrogens is 278 g/mol. The van der Waals surface area contributed by atoms with E-state index in [1.807, 2.05) is 0 Å². The third-order valence-corrected chi connectivity index (χ3v) is 3.92. The Hall–Kier alpha value is -1.31. The SMILES string of the molecule is CNS(=O)(=O)CCNC(=O)c1ccc(N)c(Cl)c1. The predicted octanol–water partition coefficient (Wildman–Crippen LogP) is 0.201. The number of sulfonamides is 1. The number of nitrogens with two attached hydrogens (primary N) is 1. The molecule has 0 unspecified atom stereocenters. The van der Waals surface area contributed by atoms with Gasteiger partial charge in [-0.3, -0.25) is 4.79 Å². The van der Waals surface area contributed by atoms with Crippen molar-refractivity contribution in [2.45, 2.75) is 0 Å². The fraction of sp³-hybridized carbons (Fsp3) is 0.300. The minimum Gasteiger partial charge on any atom is -0.398 e. The summed E-state index contributed by atoms with van der Waals surface area (Å²) in [5, 5.41) is 2.76. The number of carbonyl (C=O) groups is 1. The largest absolute Gasteiger partial charge is 0.398 e. The van der Waals surface area contributed by atoms with Crippen molar-refractivity contribution < 1.29 is 13.2 Å². The summed E-state index contributed by atoms with van der Waals surface area (Å²) < 4.78 is 24.4. The molecule has 0 fully saturated rings. The summed E-state index contributed by atoms with van der Waals surface area (Å²) >= 11 is 5.78. The van der Waals surface area contributed by atoms with Gasteiger partial charge in [0.15, 0.2) is 0 Å². The highest BCUT2D eigenvalue weighted by atomic mass is 35.5. The lowest BCUT2D eigenvalue weighted by molar-refractivity contribution is 0.0956. The molecule has 1 rings (SSSR count). The van der Waals surface area contributed by atoms with Crippen molar-refractivity contribution in [2.24, 2.45) is 0 Å². The summed E-state index contributed by atoms with van der Waals surface area (Å²) in [6, 6.07) is 4.46. The van der Waals surface area contributed by atoms with Crippen LogP contribution < -0.4 is 15.8 Å². The molecule has 6 nitrogen and oxygen atoms in total. The Morgan fingerprint density at radius 3 is 2.67 bits per heavy atom. The molecule has 0 aliphatic carbocycles. The van der Waals surface area contributed by atoms with Crippen molar-refractivity contribution in [3.63, 3.8) is 0 Å². The first-order valence-corrected chi connectivity index (χ1v) is 7.13. The van der Waals surface area contributed by atoms with E-state index in [2.05, 4.69) is 10.0 Å². The molecule has 8 heteroatoms. The molecule has 1 aromatic carbocycles.